The van der Waals surface area contributed by atoms with Gasteiger partial charge in [-0.3, -0.25) is 0 Å². The molecule has 0 aromatic heterocycles. The summed E-state index contributed by atoms with van der Waals surface area (Å²) < 4.78 is 22.9. The van der Waals surface area contributed by atoms with Crippen molar-refractivity contribution in [3.8, 4) is 23.3 Å². The minimum Gasteiger partial charge on any atom is -0.490 e. The van der Waals surface area contributed by atoms with Gasteiger partial charge >= 0.3 is 5.97 Å². The van der Waals surface area contributed by atoms with Gasteiger partial charge in [-0.1, -0.05) is 22.0 Å². The van der Waals surface area contributed by atoms with Crippen LogP contribution in [0.15, 0.2) is 52.5 Å². The number of carbonyl (C=O) groups is 1. The molecule has 29 heavy (non-hydrogen) atoms. The lowest BCUT2D eigenvalue weighted by Crippen LogP contribution is -2.10. The molecular weight excluding hydrogens is 438 g/mol. The molecule has 0 N–H and O–H groups in total. The van der Waals surface area contributed by atoms with E-state index in [2.05, 4.69) is 15.9 Å². The van der Waals surface area contributed by atoms with Crippen molar-refractivity contribution in [1.29, 1.82) is 5.26 Å². The van der Waals surface area contributed by atoms with E-state index in [-0.39, 0.29) is 12.2 Å². The Hall–Kier alpha value is -2.98. The fraction of sp³-hybridized carbons (Fsp3) is 0.273. The van der Waals surface area contributed by atoms with Gasteiger partial charge in [0.25, 0.3) is 0 Å². The zero-order valence-corrected chi connectivity index (χ0v) is 17.9. The largest absolute Gasteiger partial charge is 0.490 e. The van der Waals surface area contributed by atoms with Crippen LogP contribution >= 0.6 is 15.9 Å². The van der Waals surface area contributed by atoms with Gasteiger partial charge in [0.15, 0.2) is 11.5 Å². The van der Waals surface area contributed by atoms with E-state index >= 15 is 0 Å². The summed E-state index contributed by atoms with van der Waals surface area (Å²) in [5.41, 5.74) is 0.558. The number of nitriles is 1. The highest BCUT2D eigenvalue weighted by Gasteiger charge is 2.11. The third-order valence-corrected chi connectivity index (χ3v) is 4.15. The summed E-state index contributed by atoms with van der Waals surface area (Å²) in [6.45, 7) is 4.90. The van der Waals surface area contributed by atoms with E-state index in [0.29, 0.717) is 36.9 Å². The number of ether oxygens (including phenoxy) is 4. The molecule has 0 unspecified atom stereocenters. The molecule has 0 atom stereocenters. The van der Waals surface area contributed by atoms with E-state index in [0.717, 1.165) is 10.2 Å². The van der Waals surface area contributed by atoms with E-state index in [9.17, 15) is 10.1 Å². The van der Waals surface area contributed by atoms with Crippen LogP contribution in [0.1, 0.15) is 19.4 Å². The molecule has 0 aliphatic carbocycles. The average molecular weight is 460 g/mol. The molecule has 0 saturated heterocycles. The number of rotatable bonds is 10. The maximum absolute atomic E-state index is 11.8. The lowest BCUT2D eigenvalue weighted by molar-refractivity contribution is -0.137. The van der Waals surface area contributed by atoms with E-state index in [1.165, 1.54) is 6.08 Å². The van der Waals surface area contributed by atoms with Crippen LogP contribution in [0.4, 0.5) is 0 Å². The summed E-state index contributed by atoms with van der Waals surface area (Å²) in [5.74, 6) is 1.17. The first kappa shape index (κ1) is 22.3. The highest BCUT2D eigenvalue weighted by Crippen LogP contribution is 2.29. The van der Waals surface area contributed by atoms with Crippen LogP contribution in [-0.2, 0) is 9.53 Å². The summed E-state index contributed by atoms with van der Waals surface area (Å²) in [6.07, 6.45) is 1.46. The van der Waals surface area contributed by atoms with Crippen molar-refractivity contribution in [3.63, 3.8) is 0 Å². The molecule has 0 spiro atoms. The molecule has 0 aliphatic rings. The van der Waals surface area contributed by atoms with Gasteiger partial charge in [0.1, 0.15) is 30.6 Å². The van der Waals surface area contributed by atoms with Gasteiger partial charge in [-0.2, -0.15) is 5.26 Å². The molecule has 0 amide bonds. The third-order valence-electron chi connectivity index (χ3n) is 3.62. The topological polar surface area (TPSA) is 77.8 Å². The Labute approximate surface area is 178 Å². The highest BCUT2D eigenvalue weighted by molar-refractivity contribution is 9.10. The molecule has 2 aromatic rings. The minimum atomic E-state index is -0.654. The number of hydrogen-bond acceptors (Lipinski definition) is 6. The van der Waals surface area contributed by atoms with Crippen molar-refractivity contribution in [2.24, 2.45) is 0 Å². The second kappa shape index (κ2) is 11.8. The normalized spacial score (nSPS) is 10.8. The minimum absolute atomic E-state index is 0.0779. The predicted octanol–water partition coefficient (Wildman–Crippen LogP) is 4.78. The molecule has 152 valence electrons. The van der Waals surface area contributed by atoms with Crippen LogP contribution < -0.4 is 14.2 Å². The average Bonchev–Trinajstić information content (AvgIpc) is 2.72. The van der Waals surface area contributed by atoms with E-state index in [4.69, 9.17) is 18.9 Å². The zero-order chi connectivity index (χ0) is 21.1. The molecule has 0 fully saturated rings. The van der Waals surface area contributed by atoms with Crippen molar-refractivity contribution in [2.75, 3.05) is 26.4 Å². The van der Waals surface area contributed by atoms with Gasteiger partial charge in [-0.15, -0.1) is 0 Å². The molecule has 0 saturated carbocycles. The standard InChI is InChI=1S/C22H22BrNO5/c1-3-26-21-14-16(13-17(15-24)22(25)27-4-2)5-10-20(21)29-12-11-28-19-8-6-18(23)7-9-19/h5-10,13-14H,3-4,11-12H2,1-2H3/b17-13-. The van der Waals surface area contributed by atoms with Gasteiger partial charge in [0.05, 0.1) is 13.2 Å². The molecule has 0 radical (unpaired) electrons. The van der Waals surface area contributed by atoms with Crippen LogP contribution in [0.2, 0.25) is 0 Å². The fourth-order valence-corrected chi connectivity index (χ4v) is 2.62. The Kier molecular flexibility index (Phi) is 9.06. The summed E-state index contributed by atoms with van der Waals surface area (Å²) in [6, 6.07) is 14.6. The number of hydrogen-bond donors (Lipinski definition) is 0. The van der Waals surface area contributed by atoms with Gasteiger partial charge in [-0.05, 0) is 61.9 Å². The first-order valence-corrected chi connectivity index (χ1v) is 9.93. The monoisotopic (exact) mass is 459 g/mol. The van der Waals surface area contributed by atoms with Crippen molar-refractivity contribution >= 4 is 28.0 Å². The molecule has 6 nitrogen and oxygen atoms in total. The summed E-state index contributed by atoms with van der Waals surface area (Å²) in [7, 11) is 0. The highest BCUT2D eigenvalue weighted by atomic mass is 79.9. The zero-order valence-electron chi connectivity index (χ0n) is 16.3. The van der Waals surface area contributed by atoms with Gasteiger partial charge in [-0.25, -0.2) is 4.79 Å². The predicted molar refractivity (Wildman–Crippen MR) is 113 cm³/mol. The van der Waals surface area contributed by atoms with Crippen molar-refractivity contribution in [3.05, 3.63) is 58.1 Å². The Balaban J connectivity index is 2.03. The smallest absolute Gasteiger partial charge is 0.348 e. The Morgan fingerprint density at radius 2 is 1.72 bits per heavy atom. The Bertz CT molecular complexity index is 887. The fourth-order valence-electron chi connectivity index (χ4n) is 2.36. The quantitative estimate of drug-likeness (QED) is 0.220. The first-order valence-electron chi connectivity index (χ1n) is 9.14. The van der Waals surface area contributed by atoms with E-state index in [1.54, 1.807) is 25.1 Å². The second-order valence-corrected chi connectivity index (χ2v) is 6.60. The molecule has 7 heteroatoms. The summed E-state index contributed by atoms with van der Waals surface area (Å²) in [4.78, 5) is 11.8. The number of carbonyl (C=O) groups excluding carboxylic acids is 1. The second-order valence-electron chi connectivity index (χ2n) is 5.68. The maximum Gasteiger partial charge on any atom is 0.348 e. The van der Waals surface area contributed by atoms with Gasteiger partial charge in [0, 0.05) is 4.47 Å². The number of nitrogens with zero attached hydrogens (tertiary/aromatic N) is 1. The maximum atomic E-state index is 11.8. The van der Waals surface area contributed by atoms with Crippen molar-refractivity contribution in [1.82, 2.24) is 0 Å². The Morgan fingerprint density at radius 1 is 1.00 bits per heavy atom. The van der Waals surface area contributed by atoms with Crippen LogP contribution in [0.25, 0.3) is 6.08 Å². The van der Waals surface area contributed by atoms with Crippen molar-refractivity contribution in [2.45, 2.75) is 13.8 Å². The van der Waals surface area contributed by atoms with Crippen LogP contribution in [0, 0.1) is 11.3 Å². The SMILES string of the molecule is CCOC(=O)/C(C#N)=C\c1ccc(OCCOc2ccc(Br)cc2)c(OCC)c1. The molecular formula is C22H22BrNO5. The lowest BCUT2D eigenvalue weighted by atomic mass is 10.1. The molecule has 0 bridgehead atoms. The number of benzene rings is 2. The van der Waals surface area contributed by atoms with Crippen LogP contribution in [0.5, 0.6) is 17.2 Å². The van der Waals surface area contributed by atoms with Crippen LogP contribution in [0.3, 0.4) is 0 Å². The first-order chi connectivity index (χ1) is 14.1. The lowest BCUT2D eigenvalue weighted by Gasteiger charge is -2.13. The number of halogens is 1. The van der Waals surface area contributed by atoms with Crippen LogP contribution in [-0.4, -0.2) is 32.4 Å². The molecule has 2 rings (SSSR count). The van der Waals surface area contributed by atoms with E-state index in [1.807, 2.05) is 37.3 Å². The third kappa shape index (κ3) is 7.16. The molecule has 2 aromatic carbocycles. The summed E-state index contributed by atoms with van der Waals surface area (Å²) >= 11 is 3.38. The number of esters is 1. The summed E-state index contributed by atoms with van der Waals surface area (Å²) in [5, 5.41) is 9.17. The van der Waals surface area contributed by atoms with Gasteiger partial charge < -0.3 is 18.9 Å². The molecule has 0 aliphatic heterocycles. The van der Waals surface area contributed by atoms with E-state index < -0.39 is 5.97 Å². The van der Waals surface area contributed by atoms with Gasteiger partial charge in [0.2, 0.25) is 0 Å². The van der Waals surface area contributed by atoms with Crippen molar-refractivity contribution < 1.29 is 23.7 Å². The molecule has 0 heterocycles. The Morgan fingerprint density at radius 3 is 2.38 bits per heavy atom.